The summed E-state index contributed by atoms with van der Waals surface area (Å²) in [4.78, 5) is 0. The number of halogens is 1. The van der Waals surface area contributed by atoms with Crippen LogP contribution in [-0.4, -0.2) is 5.11 Å². The summed E-state index contributed by atoms with van der Waals surface area (Å²) < 4.78 is 4.98. The molecule has 0 aliphatic heterocycles. The van der Waals surface area contributed by atoms with Crippen molar-refractivity contribution >= 4 is 11.6 Å². The minimum atomic E-state index is -0.933. The second kappa shape index (κ2) is 4.32. The van der Waals surface area contributed by atoms with Gasteiger partial charge in [0.1, 0.15) is 0 Å². The minimum absolute atomic E-state index is 0.507. The first-order chi connectivity index (χ1) is 7.58. The molecule has 2 aromatic rings. The molecule has 0 saturated heterocycles. The molecular weight excluding hydrogens is 224 g/mol. The van der Waals surface area contributed by atoms with Gasteiger partial charge >= 0.3 is 0 Å². The van der Waals surface area contributed by atoms with Gasteiger partial charge in [-0.05, 0) is 30.7 Å². The third-order valence-electron chi connectivity index (χ3n) is 2.58. The molecule has 0 radical (unpaired) electrons. The summed E-state index contributed by atoms with van der Waals surface area (Å²) in [7, 11) is 0. The van der Waals surface area contributed by atoms with Crippen LogP contribution in [0.5, 0.6) is 0 Å². The predicted octanol–water partition coefficient (Wildman–Crippen LogP) is 3.38. The highest BCUT2D eigenvalue weighted by Gasteiger charge is 2.24. The molecule has 2 nitrogen and oxygen atoms in total. The zero-order chi connectivity index (χ0) is 11.6. The fourth-order valence-corrected chi connectivity index (χ4v) is 1.93. The van der Waals surface area contributed by atoms with E-state index in [1.54, 1.807) is 25.5 Å². The third-order valence-corrected chi connectivity index (χ3v) is 2.82. The fraction of sp³-hybridized carbons (Fsp3) is 0.231. The molecule has 0 aliphatic rings. The minimum Gasteiger partial charge on any atom is -0.472 e. The molecule has 1 heterocycles. The first kappa shape index (κ1) is 11.2. The lowest BCUT2D eigenvalue weighted by Crippen LogP contribution is -2.23. The molecule has 84 valence electrons. The lowest BCUT2D eigenvalue weighted by Gasteiger charge is -2.21. The molecule has 2 rings (SSSR count). The molecule has 0 spiro atoms. The first-order valence-electron chi connectivity index (χ1n) is 5.07. The van der Waals surface area contributed by atoms with Crippen LogP contribution < -0.4 is 0 Å². The van der Waals surface area contributed by atoms with Crippen LogP contribution in [0.3, 0.4) is 0 Å². The van der Waals surface area contributed by atoms with E-state index in [9.17, 15) is 5.11 Å². The third kappa shape index (κ3) is 2.46. The number of benzene rings is 1. The average Bonchev–Trinajstić information content (AvgIpc) is 2.69. The summed E-state index contributed by atoms with van der Waals surface area (Å²) in [5.74, 6) is 0. The molecule has 0 amide bonds. The highest BCUT2D eigenvalue weighted by Crippen LogP contribution is 2.26. The molecule has 1 atom stereocenters. The monoisotopic (exact) mass is 236 g/mol. The van der Waals surface area contributed by atoms with Crippen molar-refractivity contribution in [2.45, 2.75) is 18.9 Å². The Morgan fingerprint density at radius 2 is 2.19 bits per heavy atom. The van der Waals surface area contributed by atoms with Crippen molar-refractivity contribution in [2.75, 3.05) is 0 Å². The first-order valence-corrected chi connectivity index (χ1v) is 5.45. The molecule has 3 heteroatoms. The standard InChI is InChI=1S/C13H13ClO2/c1-13(15,11-5-6-16-9-11)8-10-3-2-4-12(14)7-10/h2-7,9,15H,8H2,1H3. The number of furan rings is 1. The molecule has 1 aromatic heterocycles. The number of rotatable bonds is 3. The lowest BCUT2D eigenvalue weighted by atomic mass is 9.91. The van der Waals surface area contributed by atoms with Gasteiger partial charge in [0.05, 0.1) is 18.1 Å². The summed E-state index contributed by atoms with van der Waals surface area (Å²) in [5, 5.41) is 11.0. The molecule has 16 heavy (non-hydrogen) atoms. The number of aliphatic hydroxyl groups is 1. The molecular formula is C13H13ClO2. The van der Waals surface area contributed by atoms with Gasteiger partial charge in [-0.15, -0.1) is 0 Å². The van der Waals surface area contributed by atoms with E-state index >= 15 is 0 Å². The van der Waals surface area contributed by atoms with Crippen LogP contribution in [0.1, 0.15) is 18.1 Å². The Bertz CT molecular complexity index is 461. The van der Waals surface area contributed by atoms with Crippen LogP contribution in [0.25, 0.3) is 0 Å². The topological polar surface area (TPSA) is 33.4 Å². The maximum atomic E-state index is 10.3. The van der Waals surface area contributed by atoms with Crippen LogP contribution in [0, 0.1) is 0 Å². The highest BCUT2D eigenvalue weighted by molar-refractivity contribution is 6.30. The smallest absolute Gasteiger partial charge is 0.0963 e. The van der Waals surface area contributed by atoms with E-state index in [4.69, 9.17) is 16.0 Å². The molecule has 0 bridgehead atoms. The molecule has 1 aromatic carbocycles. The van der Waals surface area contributed by atoms with Gasteiger partial charge in [-0.25, -0.2) is 0 Å². The van der Waals surface area contributed by atoms with E-state index in [2.05, 4.69) is 0 Å². The van der Waals surface area contributed by atoms with Crippen LogP contribution in [-0.2, 0) is 12.0 Å². The maximum Gasteiger partial charge on any atom is 0.0963 e. The second-order valence-corrected chi connectivity index (χ2v) is 4.53. The summed E-state index contributed by atoms with van der Waals surface area (Å²) in [6.07, 6.45) is 3.62. The Balaban J connectivity index is 2.21. The van der Waals surface area contributed by atoms with Crippen LogP contribution >= 0.6 is 11.6 Å². The van der Waals surface area contributed by atoms with Crippen molar-refractivity contribution in [3.8, 4) is 0 Å². The largest absolute Gasteiger partial charge is 0.472 e. The summed E-state index contributed by atoms with van der Waals surface area (Å²) >= 11 is 5.90. The van der Waals surface area contributed by atoms with Crippen molar-refractivity contribution in [2.24, 2.45) is 0 Å². The van der Waals surface area contributed by atoms with Gasteiger partial charge < -0.3 is 9.52 Å². The summed E-state index contributed by atoms with van der Waals surface area (Å²) in [5.41, 5.74) is 0.837. The molecule has 0 saturated carbocycles. The van der Waals surface area contributed by atoms with Gasteiger partial charge in [0.2, 0.25) is 0 Å². The van der Waals surface area contributed by atoms with Gasteiger partial charge in [0.15, 0.2) is 0 Å². The molecule has 1 N–H and O–H groups in total. The van der Waals surface area contributed by atoms with Crippen molar-refractivity contribution in [3.05, 3.63) is 59.0 Å². The van der Waals surface area contributed by atoms with Gasteiger partial charge in [0, 0.05) is 17.0 Å². The SMILES string of the molecule is CC(O)(Cc1cccc(Cl)c1)c1ccoc1. The fourth-order valence-electron chi connectivity index (χ4n) is 1.72. The van der Waals surface area contributed by atoms with Crippen molar-refractivity contribution in [3.63, 3.8) is 0 Å². The zero-order valence-electron chi connectivity index (χ0n) is 8.98. The highest BCUT2D eigenvalue weighted by atomic mass is 35.5. The zero-order valence-corrected chi connectivity index (χ0v) is 9.74. The van der Waals surface area contributed by atoms with E-state index in [0.29, 0.717) is 11.4 Å². The van der Waals surface area contributed by atoms with Crippen molar-refractivity contribution < 1.29 is 9.52 Å². The van der Waals surface area contributed by atoms with Crippen LogP contribution in [0.4, 0.5) is 0 Å². The summed E-state index contributed by atoms with van der Waals surface area (Å²) in [6.45, 7) is 1.76. The van der Waals surface area contributed by atoms with E-state index in [-0.39, 0.29) is 0 Å². The van der Waals surface area contributed by atoms with E-state index in [0.717, 1.165) is 11.1 Å². The Kier molecular flexibility index (Phi) is 3.03. The lowest BCUT2D eigenvalue weighted by molar-refractivity contribution is 0.0570. The van der Waals surface area contributed by atoms with Gasteiger partial charge in [-0.1, -0.05) is 23.7 Å². The number of hydrogen-bond donors (Lipinski definition) is 1. The van der Waals surface area contributed by atoms with Gasteiger partial charge in [-0.2, -0.15) is 0 Å². The Hall–Kier alpha value is -1.25. The van der Waals surface area contributed by atoms with Crippen molar-refractivity contribution in [1.82, 2.24) is 0 Å². The van der Waals surface area contributed by atoms with E-state index < -0.39 is 5.60 Å². The maximum absolute atomic E-state index is 10.3. The van der Waals surface area contributed by atoms with Crippen LogP contribution in [0.2, 0.25) is 5.02 Å². The Morgan fingerprint density at radius 1 is 1.38 bits per heavy atom. The van der Waals surface area contributed by atoms with E-state index in [1.165, 1.54) is 0 Å². The molecule has 0 fully saturated rings. The Labute approximate surface area is 99.5 Å². The van der Waals surface area contributed by atoms with E-state index in [1.807, 2.05) is 24.3 Å². The molecule has 1 unspecified atom stereocenters. The van der Waals surface area contributed by atoms with Crippen molar-refractivity contribution in [1.29, 1.82) is 0 Å². The average molecular weight is 237 g/mol. The normalized spacial score (nSPS) is 14.7. The number of hydrogen-bond acceptors (Lipinski definition) is 2. The van der Waals surface area contributed by atoms with Gasteiger partial charge in [-0.3, -0.25) is 0 Å². The quantitative estimate of drug-likeness (QED) is 0.886. The Morgan fingerprint density at radius 3 is 2.81 bits per heavy atom. The van der Waals surface area contributed by atoms with Crippen LogP contribution in [0.15, 0.2) is 47.3 Å². The summed E-state index contributed by atoms with van der Waals surface area (Å²) in [6, 6.07) is 9.27. The second-order valence-electron chi connectivity index (χ2n) is 4.09. The molecule has 0 aliphatic carbocycles. The van der Waals surface area contributed by atoms with Gasteiger partial charge in [0.25, 0.3) is 0 Å². The predicted molar refractivity (Wildman–Crippen MR) is 63.4 cm³/mol.